The van der Waals surface area contributed by atoms with Crippen molar-refractivity contribution in [2.45, 2.75) is 26.4 Å². The van der Waals surface area contributed by atoms with E-state index in [4.69, 9.17) is 0 Å². The zero-order valence-electron chi connectivity index (χ0n) is 13.3. The van der Waals surface area contributed by atoms with E-state index in [9.17, 15) is 4.79 Å². The first-order valence-corrected chi connectivity index (χ1v) is 7.86. The Kier molecular flexibility index (Phi) is 6.16. The molecule has 3 nitrogen and oxygen atoms in total. The molecule has 0 saturated carbocycles. The van der Waals surface area contributed by atoms with Crippen LogP contribution in [-0.4, -0.2) is 23.9 Å². The number of hydrogen-bond donors (Lipinski definition) is 1. The van der Waals surface area contributed by atoms with Crippen molar-refractivity contribution in [3.05, 3.63) is 71.8 Å². The first-order valence-electron chi connectivity index (χ1n) is 7.86. The largest absolute Gasteiger partial charge is 0.350 e. The van der Waals surface area contributed by atoms with Gasteiger partial charge in [0.05, 0.1) is 0 Å². The van der Waals surface area contributed by atoms with E-state index in [-0.39, 0.29) is 11.9 Å². The van der Waals surface area contributed by atoms with Gasteiger partial charge in [-0.2, -0.15) is 0 Å². The van der Waals surface area contributed by atoms with Crippen molar-refractivity contribution < 1.29 is 4.79 Å². The van der Waals surface area contributed by atoms with Gasteiger partial charge in [-0.3, -0.25) is 9.69 Å². The highest BCUT2D eigenvalue weighted by molar-refractivity contribution is 5.83. The van der Waals surface area contributed by atoms with Gasteiger partial charge in [-0.1, -0.05) is 74.5 Å². The van der Waals surface area contributed by atoms with Crippen LogP contribution in [-0.2, 0) is 11.3 Å². The fraction of sp³-hybridized carbons (Fsp3) is 0.316. The molecule has 0 radical (unpaired) electrons. The first-order chi connectivity index (χ1) is 10.8. The Morgan fingerprint density at radius 2 is 1.50 bits per heavy atom. The molecule has 0 aliphatic rings. The lowest BCUT2D eigenvalue weighted by molar-refractivity contribution is -0.126. The number of likely N-dealkylation sites (N-methyl/N-ethyl adjacent to an activating group) is 1. The molecule has 0 heterocycles. The number of hydrogen-bond acceptors (Lipinski definition) is 2. The van der Waals surface area contributed by atoms with Crippen LogP contribution in [0.2, 0.25) is 0 Å². The Morgan fingerprint density at radius 3 is 2.05 bits per heavy atom. The maximum Gasteiger partial charge on any atom is 0.242 e. The average Bonchev–Trinajstić information content (AvgIpc) is 2.59. The zero-order valence-corrected chi connectivity index (χ0v) is 13.3. The number of amides is 1. The Morgan fingerprint density at radius 1 is 0.955 bits per heavy atom. The lowest BCUT2D eigenvalue weighted by Gasteiger charge is -2.29. The second kappa shape index (κ2) is 8.35. The SMILES string of the molecule is CCN(CC)C(C(=O)NCc1ccccc1)c1ccccc1. The van der Waals surface area contributed by atoms with Crippen molar-refractivity contribution in [1.82, 2.24) is 10.2 Å². The van der Waals surface area contributed by atoms with Gasteiger partial charge >= 0.3 is 0 Å². The smallest absolute Gasteiger partial charge is 0.242 e. The molecule has 0 aliphatic heterocycles. The summed E-state index contributed by atoms with van der Waals surface area (Å²) in [6.07, 6.45) is 0. The quantitative estimate of drug-likeness (QED) is 0.849. The van der Waals surface area contributed by atoms with Crippen molar-refractivity contribution in [3.63, 3.8) is 0 Å². The fourth-order valence-corrected chi connectivity index (χ4v) is 2.63. The molecule has 0 fully saturated rings. The molecular formula is C19H24N2O. The molecule has 1 unspecified atom stereocenters. The molecule has 1 atom stereocenters. The minimum atomic E-state index is -0.236. The van der Waals surface area contributed by atoms with Crippen LogP contribution >= 0.6 is 0 Å². The van der Waals surface area contributed by atoms with E-state index in [0.717, 1.165) is 24.2 Å². The average molecular weight is 296 g/mol. The predicted molar refractivity (Wildman–Crippen MR) is 90.4 cm³/mol. The summed E-state index contributed by atoms with van der Waals surface area (Å²) >= 11 is 0. The molecule has 116 valence electrons. The van der Waals surface area contributed by atoms with E-state index in [1.54, 1.807) is 0 Å². The lowest BCUT2D eigenvalue weighted by atomic mass is 10.0. The van der Waals surface area contributed by atoms with Crippen LogP contribution in [0.4, 0.5) is 0 Å². The minimum Gasteiger partial charge on any atom is -0.350 e. The third-order valence-electron chi connectivity index (χ3n) is 3.85. The second-order valence-electron chi connectivity index (χ2n) is 5.24. The Hall–Kier alpha value is -2.13. The Labute approximate surface area is 133 Å². The molecule has 0 saturated heterocycles. The van der Waals surface area contributed by atoms with Crippen LogP contribution in [0.25, 0.3) is 0 Å². The minimum absolute atomic E-state index is 0.0544. The van der Waals surface area contributed by atoms with Gasteiger partial charge in [0.15, 0.2) is 0 Å². The van der Waals surface area contributed by atoms with Crippen LogP contribution in [0.15, 0.2) is 60.7 Å². The van der Waals surface area contributed by atoms with E-state index in [0.29, 0.717) is 6.54 Å². The standard InChI is InChI=1S/C19H24N2O/c1-3-21(4-2)18(17-13-9-6-10-14-17)19(22)20-15-16-11-7-5-8-12-16/h5-14,18H,3-4,15H2,1-2H3,(H,20,22). The summed E-state index contributed by atoms with van der Waals surface area (Å²) in [6, 6.07) is 19.7. The highest BCUT2D eigenvalue weighted by Gasteiger charge is 2.25. The molecule has 1 amide bonds. The van der Waals surface area contributed by atoms with Gasteiger partial charge in [0.1, 0.15) is 6.04 Å². The van der Waals surface area contributed by atoms with Gasteiger partial charge in [-0.25, -0.2) is 0 Å². The van der Waals surface area contributed by atoms with E-state index in [1.165, 1.54) is 0 Å². The van der Waals surface area contributed by atoms with Crippen molar-refractivity contribution in [1.29, 1.82) is 0 Å². The molecule has 2 aromatic carbocycles. The molecule has 0 spiro atoms. The van der Waals surface area contributed by atoms with E-state index < -0.39 is 0 Å². The van der Waals surface area contributed by atoms with Crippen LogP contribution in [0.1, 0.15) is 31.0 Å². The van der Waals surface area contributed by atoms with Crippen LogP contribution in [0.5, 0.6) is 0 Å². The fourth-order valence-electron chi connectivity index (χ4n) is 2.63. The molecular weight excluding hydrogens is 272 g/mol. The predicted octanol–water partition coefficient (Wildman–Crippen LogP) is 3.39. The van der Waals surface area contributed by atoms with Crippen molar-refractivity contribution in [2.75, 3.05) is 13.1 Å². The van der Waals surface area contributed by atoms with Crippen LogP contribution in [0, 0.1) is 0 Å². The van der Waals surface area contributed by atoms with E-state index in [1.807, 2.05) is 60.7 Å². The van der Waals surface area contributed by atoms with Gasteiger partial charge in [0.25, 0.3) is 0 Å². The molecule has 1 N–H and O–H groups in total. The number of rotatable bonds is 7. The molecule has 3 heteroatoms. The molecule has 22 heavy (non-hydrogen) atoms. The maximum absolute atomic E-state index is 12.7. The summed E-state index contributed by atoms with van der Waals surface area (Å²) in [5, 5.41) is 3.07. The third-order valence-corrected chi connectivity index (χ3v) is 3.85. The molecule has 0 bridgehead atoms. The van der Waals surface area contributed by atoms with Gasteiger partial charge in [0, 0.05) is 6.54 Å². The monoisotopic (exact) mass is 296 g/mol. The Bertz CT molecular complexity index is 565. The molecule has 0 aliphatic carbocycles. The topological polar surface area (TPSA) is 32.3 Å². The first kappa shape index (κ1) is 16.2. The number of benzene rings is 2. The van der Waals surface area contributed by atoms with Gasteiger partial charge in [-0.15, -0.1) is 0 Å². The Balaban J connectivity index is 2.12. The van der Waals surface area contributed by atoms with E-state index in [2.05, 4.69) is 24.1 Å². The third kappa shape index (κ3) is 4.18. The van der Waals surface area contributed by atoms with Crippen LogP contribution in [0.3, 0.4) is 0 Å². The maximum atomic E-state index is 12.7. The molecule has 2 rings (SSSR count). The summed E-state index contributed by atoms with van der Waals surface area (Å²) in [4.78, 5) is 14.9. The second-order valence-corrected chi connectivity index (χ2v) is 5.24. The zero-order chi connectivity index (χ0) is 15.8. The summed E-state index contributed by atoms with van der Waals surface area (Å²) in [5.41, 5.74) is 2.15. The number of carbonyl (C=O) groups excluding carboxylic acids is 1. The van der Waals surface area contributed by atoms with Gasteiger partial charge in [-0.05, 0) is 24.2 Å². The number of nitrogens with zero attached hydrogens (tertiary/aromatic N) is 1. The molecule has 0 aromatic heterocycles. The number of carbonyl (C=O) groups is 1. The van der Waals surface area contributed by atoms with Crippen molar-refractivity contribution in [3.8, 4) is 0 Å². The van der Waals surface area contributed by atoms with E-state index >= 15 is 0 Å². The van der Waals surface area contributed by atoms with Crippen molar-refractivity contribution >= 4 is 5.91 Å². The normalized spacial score (nSPS) is 12.1. The highest BCUT2D eigenvalue weighted by Crippen LogP contribution is 2.20. The summed E-state index contributed by atoms with van der Waals surface area (Å²) in [7, 11) is 0. The van der Waals surface area contributed by atoms with Gasteiger partial charge in [0.2, 0.25) is 5.91 Å². The van der Waals surface area contributed by atoms with Gasteiger partial charge < -0.3 is 5.32 Å². The summed E-state index contributed by atoms with van der Waals surface area (Å²) < 4.78 is 0. The lowest BCUT2D eigenvalue weighted by Crippen LogP contribution is -2.40. The number of nitrogens with one attached hydrogen (secondary N) is 1. The summed E-state index contributed by atoms with van der Waals surface area (Å²) in [5.74, 6) is 0.0544. The van der Waals surface area contributed by atoms with Crippen LogP contribution < -0.4 is 5.32 Å². The highest BCUT2D eigenvalue weighted by atomic mass is 16.2. The van der Waals surface area contributed by atoms with Crippen molar-refractivity contribution in [2.24, 2.45) is 0 Å². The summed E-state index contributed by atoms with van der Waals surface area (Å²) in [6.45, 7) is 6.42. The molecule has 2 aromatic rings.